The summed E-state index contributed by atoms with van der Waals surface area (Å²) in [4.78, 5) is 0. The van der Waals surface area contributed by atoms with Gasteiger partial charge in [-0.15, -0.1) is 0 Å². The van der Waals surface area contributed by atoms with Crippen LogP contribution in [0.3, 0.4) is 0 Å². The topological polar surface area (TPSA) is 27.7 Å². The molecule has 1 aliphatic heterocycles. The number of ether oxygens (including phenoxy) is 3. The summed E-state index contributed by atoms with van der Waals surface area (Å²) < 4.78 is 20.6. The fourth-order valence-corrected chi connectivity index (χ4v) is 14.3. The summed E-state index contributed by atoms with van der Waals surface area (Å²) >= 11 is 0. The van der Waals surface area contributed by atoms with Crippen LogP contribution in [-0.2, 0) is 14.2 Å². The molecule has 0 bridgehead atoms. The molecule has 61 heavy (non-hydrogen) atoms. The zero-order valence-electron chi connectivity index (χ0n) is 41.8. The van der Waals surface area contributed by atoms with Gasteiger partial charge >= 0.3 is 0 Å². The summed E-state index contributed by atoms with van der Waals surface area (Å²) in [6.07, 6.45) is 53.5. The van der Waals surface area contributed by atoms with E-state index in [-0.39, 0.29) is 18.2 Å². The summed E-state index contributed by atoms with van der Waals surface area (Å²) in [5, 5.41) is 0. The maximum absolute atomic E-state index is 7.30. The third-order valence-corrected chi connectivity index (χ3v) is 18.5. The number of unbranched alkanes of at least 4 members (excludes halogenated alkanes) is 9. The lowest BCUT2D eigenvalue weighted by atomic mass is 9.64. The van der Waals surface area contributed by atoms with Gasteiger partial charge in [-0.05, 0) is 111 Å². The molecule has 0 aromatic heterocycles. The molecule has 5 aliphatic rings. The van der Waals surface area contributed by atoms with Crippen molar-refractivity contribution in [2.75, 3.05) is 6.61 Å². The average Bonchev–Trinajstić information content (AvgIpc) is 3.91. The minimum Gasteiger partial charge on any atom is -0.380 e. The zero-order chi connectivity index (χ0) is 43.1. The highest BCUT2D eigenvalue weighted by atomic mass is 16.6. The molecule has 1 saturated heterocycles. The van der Waals surface area contributed by atoms with E-state index in [4.69, 9.17) is 22.1 Å². The van der Waals surface area contributed by atoms with Crippen molar-refractivity contribution in [1.82, 2.24) is 0 Å². The van der Waals surface area contributed by atoms with Crippen LogP contribution in [0.1, 0.15) is 279 Å². The number of hydrogen-bond donors (Lipinski definition) is 0. The van der Waals surface area contributed by atoms with Gasteiger partial charge in [0.25, 0.3) is 0 Å². The van der Waals surface area contributed by atoms with Crippen LogP contribution in [-0.4, -0.2) is 44.9 Å². The summed E-state index contributed by atoms with van der Waals surface area (Å²) in [7, 11) is 6.59. The molecule has 0 amide bonds. The monoisotopic (exact) mass is 849 g/mol. The Morgan fingerprint density at radius 3 is 1.72 bits per heavy atom. The Bertz CT molecular complexity index is 1070. The Balaban J connectivity index is 1.15. The zero-order valence-corrected chi connectivity index (χ0v) is 41.8. The molecular weight excluding hydrogens is 743 g/mol. The van der Waals surface area contributed by atoms with E-state index in [0.717, 1.165) is 47.8 Å². The van der Waals surface area contributed by atoms with Gasteiger partial charge in [-0.3, -0.25) is 0 Å². The van der Waals surface area contributed by atoms with E-state index >= 15 is 0 Å². The highest BCUT2D eigenvalue weighted by Gasteiger charge is 2.39. The third-order valence-electron chi connectivity index (χ3n) is 18.5. The molecule has 0 spiro atoms. The Hall–Kier alpha value is -0.0551. The second-order valence-electron chi connectivity index (χ2n) is 22.9. The summed E-state index contributed by atoms with van der Waals surface area (Å²) in [5.74, 6) is 6.38. The lowest BCUT2D eigenvalue weighted by molar-refractivity contribution is -0.103. The first-order chi connectivity index (χ1) is 29.8. The van der Waals surface area contributed by atoms with Crippen molar-refractivity contribution in [3.8, 4) is 0 Å². The molecule has 4 saturated carbocycles. The van der Waals surface area contributed by atoms with E-state index in [1.165, 1.54) is 238 Å². The fourth-order valence-electron chi connectivity index (χ4n) is 14.3. The van der Waals surface area contributed by atoms with Crippen LogP contribution < -0.4 is 0 Å². The maximum Gasteiger partial charge on any atom is 0.109 e. The molecule has 1 heterocycles. The Labute approximate surface area is 383 Å². The summed E-state index contributed by atoms with van der Waals surface area (Å²) in [5.41, 5.74) is 0.545. The molecule has 8 atom stereocenters. The van der Waals surface area contributed by atoms with Crippen LogP contribution in [0, 0.1) is 46.8 Å². The van der Waals surface area contributed by atoms with Gasteiger partial charge in [0.05, 0.1) is 24.9 Å². The Morgan fingerprint density at radius 1 is 0.541 bits per heavy atom. The minimum absolute atomic E-state index is 0.0328. The predicted octanol–water partition coefficient (Wildman–Crippen LogP) is 17.3. The van der Waals surface area contributed by atoms with Crippen molar-refractivity contribution < 1.29 is 14.2 Å². The molecule has 4 aliphatic carbocycles. The maximum atomic E-state index is 7.30. The molecule has 0 aromatic rings. The number of hydrogen-bond acceptors (Lipinski definition) is 3. The van der Waals surface area contributed by atoms with E-state index in [9.17, 15) is 0 Å². The van der Waals surface area contributed by atoms with E-state index in [1.807, 2.05) is 0 Å². The molecule has 354 valence electrons. The van der Waals surface area contributed by atoms with Gasteiger partial charge in [-0.1, -0.05) is 214 Å². The molecule has 6 unspecified atom stereocenters. The van der Waals surface area contributed by atoms with Crippen molar-refractivity contribution in [2.45, 2.75) is 309 Å². The Kier molecular flexibility index (Phi) is 25.2. The Morgan fingerprint density at radius 2 is 1.08 bits per heavy atom. The highest BCUT2D eigenvalue weighted by molar-refractivity contribution is 6.11. The molecule has 5 fully saturated rings. The lowest BCUT2D eigenvalue weighted by Gasteiger charge is -2.42. The molecule has 5 rings (SSSR count). The van der Waals surface area contributed by atoms with Gasteiger partial charge in [0.15, 0.2) is 0 Å². The molecule has 2 radical (unpaired) electrons. The van der Waals surface area contributed by atoms with Crippen LogP contribution in [0.15, 0.2) is 0 Å². The first-order valence-electron chi connectivity index (χ1n) is 28.5. The largest absolute Gasteiger partial charge is 0.380 e. The van der Waals surface area contributed by atoms with Gasteiger partial charge in [-0.2, -0.15) is 0 Å². The lowest BCUT2D eigenvalue weighted by Crippen LogP contribution is -2.36. The second kappa shape index (κ2) is 29.6. The molecule has 0 N–H and O–H groups in total. The SMILES string of the molecule is [B][C@H]1CC(OC2CCCC(C3CCCC(C4CCCC4)CCC3)CCC(C(C)CCCCCCCCC)C2)[C@@H](COC2CCCC(CCCCC)(C(C)CCCC)CCC2)O1. The van der Waals surface area contributed by atoms with Crippen LogP contribution >= 0.6 is 0 Å². The van der Waals surface area contributed by atoms with E-state index in [2.05, 4.69) is 34.6 Å². The van der Waals surface area contributed by atoms with Gasteiger partial charge in [0, 0.05) is 6.00 Å². The summed E-state index contributed by atoms with van der Waals surface area (Å²) in [6.45, 7) is 12.9. The molecular formula is C57H105BO3. The minimum atomic E-state index is -0.232. The van der Waals surface area contributed by atoms with Crippen molar-refractivity contribution >= 4 is 7.85 Å². The van der Waals surface area contributed by atoms with Gasteiger partial charge < -0.3 is 14.2 Å². The van der Waals surface area contributed by atoms with E-state index in [0.29, 0.717) is 24.2 Å². The van der Waals surface area contributed by atoms with Crippen LogP contribution in [0.4, 0.5) is 0 Å². The molecule has 0 aromatic carbocycles. The van der Waals surface area contributed by atoms with Crippen LogP contribution in [0.25, 0.3) is 0 Å². The van der Waals surface area contributed by atoms with E-state index in [1.54, 1.807) is 0 Å². The van der Waals surface area contributed by atoms with Crippen molar-refractivity contribution in [3.63, 3.8) is 0 Å². The van der Waals surface area contributed by atoms with Crippen LogP contribution in [0.2, 0.25) is 0 Å². The van der Waals surface area contributed by atoms with Crippen molar-refractivity contribution in [2.24, 2.45) is 46.8 Å². The normalized spacial score (nSPS) is 35.0. The first kappa shape index (κ1) is 51.9. The molecule has 4 heteroatoms. The van der Waals surface area contributed by atoms with Gasteiger partial charge in [0.2, 0.25) is 0 Å². The van der Waals surface area contributed by atoms with Gasteiger partial charge in [-0.25, -0.2) is 0 Å². The average molecular weight is 849 g/mol. The van der Waals surface area contributed by atoms with Crippen molar-refractivity contribution in [1.29, 1.82) is 0 Å². The quantitative estimate of drug-likeness (QED) is 0.0715. The summed E-state index contributed by atoms with van der Waals surface area (Å²) in [6, 6.07) is -0.232. The number of rotatable bonds is 24. The first-order valence-corrected chi connectivity index (χ1v) is 28.5. The van der Waals surface area contributed by atoms with E-state index < -0.39 is 0 Å². The van der Waals surface area contributed by atoms with Gasteiger partial charge in [0.1, 0.15) is 14.0 Å². The predicted molar refractivity (Wildman–Crippen MR) is 263 cm³/mol. The third kappa shape index (κ3) is 17.9. The second-order valence-corrected chi connectivity index (χ2v) is 22.9. The van der Waals surface area contributed by atoms with Crippen molar-refractivity contribution in [3.05, 3.63) is 0 Å². The highest BCUT2D eigenvalue weighted by Crippen LogP contribution is 2.48. The standard InChI is InChI=1S/C57H105BO3/c1-6-9-12-13-14-15-16-25-45(4)51-38-37-50(49-31-20-29-48(30-21-32-49)47-27-17-18-28-47)33-22-34-53(42-51)60-54-43-56(58)61-55(54)44-59-52-35-23-40-57(41-24-36-52,39-19-10-7-2)46(5)26-11-8-3/h45-56H,6-44H2,1-5H3/t45?,46?,48?,49?,50?,51?,52?,53?,54?,55-,56-,57?/m1/s1. The smallest absolute Gasteiger partial charge is 0.109 e. The molecule has 3 nitrogen and oxygen atoms in total. The van der Waals surface area contributed by atoms with Crippen LogP contribution in [0.5, 0.6) is 0 Å². The fraction of sp³-hybridized carbons (Fsp3) is 1.00.